The Bertz CT molecular complexity index is 859. The number of benzene rings is 1. The van der Waals surface area contributed by atoms with E-state index in [2.05, 4.69) is 25.8 Å². The van der Waals surface area contributed by atoms with Crippen LogP contribution in [0.25, 0.3) is 5.69 Å². The molecule has 1 unspecified atom stereocenters. The van der Waals surface area contributed by atoms with E-state index < -0.39 is 0 Å². The number of nitrogens with zero attached hydrogens (tertiary/aromatic N) is 5. The number of hydrogen-bond donors (Lipinski definition) is 1. The first-order valence-electron chi connectivity index (χ1n) is 8.13. The molecule has 0 radical (unpaired) electrons. The van der Waals surface area contributed by atoms with Gasteiger partial charge in [-0.05, 0) is 40.8 Å². The molecule has 3 heterocycles. The molecule has 0 spiro atoms. The lowest BCUT2D eigenvalue weighted by Crippen LogP contribution is -2.17. The Kier molecular flexibility index (Phi) is 4.52. The van der Waals surface area contributed by atoms with Gasteiger partial charge in [-0.15, -0.1) is 5.10 Å². The zero-order valence-electron chi connectivity index (χ0n) is 13.8. The predicted molar refractivity (Wildman–Crippen MR) is 91.2 cm³/mol. The second-order valence-electron chi connectivity index (χ2n) is 5.74. The minimum absolute atomic E-state index is 0.0286. The minimum atomic E-state index is -0.247. The Hall–Kier alpha value is -3.33. The van der Waals surface area contributed by atoms with Crippen molar-refractivity contribution in [2.24, 2.45) is 0 Å². The number of carbonyl (C=O) groups is 1. The number of amides is 1. The fourth-order valence-electron chi connectivity index (χ4n) is 2.54. The summed E-state index contributed by atoms with van der Waals surface area (Å²) in [4.78, 5) is 16.5. The van der Waals surface area contributed by atoms with Gasteiger partial charge in [-0.2, -0.15) is 0 Å². The van der Waals surface area contributed by atoms with Gasteiger partial charge in [0.1, 0.15) is 12.4 Å². The number of rotatable bonds is 5. The molecular formula is C17H16N6O3. The highest BCUT2D eigenvalue weighted by atomic mass is 16.5. The van der Waals surface area contributed by atoms with Crippen LogP contribution in [-0.4, -0.2) is 50.4 Å². The quantitative estimate of drug-likeness (QED) is 0.741. The van der Waals surface area contributed by atoms with Gasteiger partial charge in [-0.1, -0.05) is 0 Å². The van der Waals surface area contributed by atoms with E-state index in [0.29, 0.717) is 30.3 Å². The number of pyridine rings is 1. The Balaban J connectivity index is 1.38. The van der Waals surface area contributed by atoms with Crippen LogP contribution in [0.2, 0.25) is 0 Å². The predicted octanol–water partition coefficient (Wildman–Crippen LogP) is 1.48. The van der Waals surface area contributed by atoms with E-state index in [1.54, 1.807) is 24.3 Å². The molecule has 1 amide bonds. The summed E-state index contributed by atoms with van der Waals surface area (Å²) < 4.78 is 12.5. The molecule has 0 bridgehead atoms. The highest BCUT2D eigenvalue weighted by Crippen LogP contribution is 2.16. The molecule has 1 atom stereocenters. The van der Waals surface area contributed by atoms with Gasteiger partial charge >= 0.3 is 0 Å². The number of ether oxygens (including phenoxy) is 2. The van der Waals surface area contributed by atoms with Crippen LogP contribution in [0.4, 0.5) is 5.69 Å². The molecule has 1 aromatic carbocycles. The average molecular weight is 352 g/mol. The fourth-order valence-corrected chi connectivity index (χ4v) is 2.54. The first-order valence-corrected chi connectivity index (χ1v) is 8.13. The lowest BCUT2D eigenvalue weighted by atomic mass is 10.2. The van der Waals surface area contributed by atoms with Gasteiger partial charge in [0.2, 0.25) is 5.88 Å². The molecule has 1 fully saturated rings. The van der Waals surface area contributed by atoms with Crippen LogP contribution in [0, 0.1) is 0 Å². The van der Waals surface area contributed by atoms with Crippen LogP contribution >= 0.6 is 0 Å². The fraction of sp³-hybridized carbons (Fsp3) is 0.235. The zero-order valence-corrected chi connectivity index (χ0v) is 13.8. The molecule has 4 rings (SSSR count). The van der Waals surface area contributed by atoms with Crippen molar-refractivity contribution in [1.82, 2.24) is 25.2 Å². The van der Waals surface area contributed by atoms with Gasteiger partial charge in [0.25, 0.3) is 5.91 Å². The van der Waals surface area contributed by atoms with Crippen LogP contribution in [0.3, 0.4) is 0 Å². The largest absolute Gasteiger partial charge is 0.472 e. The van der Waals surface area contributed by atoms with E-state index in [1.807, 2.05) is 12.1 Å². The maximum absolute atomic E-state index is 12.3. The van der Waals surface area contributed by atoms with Gasteiger partial charge in [-0.25, -0.2) is 9.67 Å². The molecule has 0 saturated carbocycles. The normalized spacial score (nSPS) is 16.4. The second-order valence-corrected chi connectivity index (χ2v) is 5.74. The van der Waals surface area contributed by atoms with Crippen molar-refractivity contribution in [3.63, 3.8) is 0 Å². The Morgan fingerprint density at radius 2 is 2.12 bits per heavy atom. The van der Waals surface area contributed by atoms with Crippen molar-refractivity contribution in [3.05, 3.63) is 54.5 Å². The van der Waals surface area contributed by atoms with E-state index in [1.165, 1.54) is 17.2 Å². The van der Waals surface area contributed by atoms with E-state index >= 15 is 0 Å². The van der Waals surface area contributed by atoms with Crippen LogP contribution in [0.5, 0.6) is 5.88 Å². The summed E-state index contributed by atoms with van der Waals surface area (Å²) in [5.41, 5.74) is 1.91. The number of anilines is 1. The molecule has 0 aliphatic carbocycles. The van der Waals surface area contributed by atoms with Gasteiger partial charge in [-0.3, -0.25) is 4.79 Å². The third kappa shape index (κ3) is 3.67. The van der Waals surface area contributed by atoms with Crippen LogP contribution < -0.4 is 10.1 Å². The van der Waals surface area contributed by atoms with Crippen molar-refractivity contribution >= 4 is 11.6 Å². The monoisotopic (exact) mass is 352 g/mol. The number of aromatic nitrogens is 5. The van der Waals surface area contributed by atoms with Crippen molar-refractivity contribution in [3.8, 4) is 11.6 Å². The van der Waals surface area contributed by atoms with Crippen LogP contribution in [-0.2, 0) is 4.74 Å². The third-order valence-corrected chi connectivity index (χ3v) is 3.91. The topological polar surface area (TPSA) is 104 Å². The van der Waals surface area contributed by atoms with E-state index in [4.69, 9.17) is 9.47 Å². The highest BCUT2D eigenvalue weighted by molar-refractivity contribution is 6.04. The summed E-state index contributed by atoms with van der Waals surface area (Å²) in [6, 6.07) is 10.5. The molecule has 3 aromatic rings. The first-order chi connectivity index (χ1) is 12.8. The van der Waals surface area contributed by atoms with E-state index in [0.717, 1.165) is 12.1 Å². The van der Waals surface area contributed by atoms with Gasteiger partial charge in [0.05, 0.1) is 24.5 Å². The standard InChI is InChI=1S/C17H16N6O3/c24-17(12-1-6-16(18-9-12)26-15-7-8-25-10-15)20-13-2-4-14(5-3-13)23-11-19-21-22-23/h1-6,9,11,15H,7-8,10H2,(H,20,24). The number of tetrazole rings is 1. The smallest absolute Gasteiger partial charge is 0.257 e. The summed E-state index contributed by atoms with van der Waals surface area (Å²) in [7, 11) is 0. The zero-order chi connectivity index (χ0) is 17.8. The van der Waals surface area contributed by atoms with Gasteiger partial charge in [0, 0.05) is 24.4 Å². The summed E-state index contributed by atoms with van der Waals surface area (Å²) in [5, 5.41) is 13.8. The van der Waals surface area contributed by atoms with Crippen LogP contribution in [0.15, 0.2) is 48.9 Å². The number of nitrogens with one attached hydrogen (secondary N) is 1. The Morgan fingerprint density at radius 1 is 1.23 bits per heavy atom. The highest BCUT2D eigenvalue weighted by Gasteiger charge is 2.18. The average Bonchev–Trinajstić information content (AvgIpc) is 3.37. The van der Waals surface area contributed by atoms with E-state index in [9.17, 15) is 4.79 Å². The summed E-state index contributed by atoms with van der Waals surface area (Å²) >= 11 is 0. The molecule has 132 valence electrons. The third-order valence-electron chi connectivity index (χ3n) is 3.91. The molecule has 2 aromatic heterocycles. The molecule has 9 nitrogen and oxygen atoms in total. The SMILES string of the molecule is O=C(Nc1ccc(-n2cnnn2)cc1)c1ccc(OC2CCOC2)nc1. The molecule has 1 N–H and O–H groups in total. The number of hydrogen-bond acceptors (Lipinski definition) is 7. The molecule has 1 aliphatic rings. The Labute approximate surface area is 149 Å². The van der Waals surface area contributed by atoms with Gasteiger partial charge < -0.3 is 14.8 Å². The maximum atomic E-state index is 12.3. The van der Waals surface area contributed by atoms with Crippen molar-refractivity contribution in [1.29, 1.82) is 0 Å². The van der Waals surface area contributed by atoms with Crippen LogP contribution in [0.1, 0.15) is 16.8 Å². The molecule has 9 heteroatoms. The summed E-state index contributed by atoms with van der Waals surface area (Å²) in [6.45, 7) is 1.28. The molecular weight excluding hydrogens is 336 g/mol. The Morgan fingerprint density at radius 3 is 2.77 bits per heavy atom. The summed E-state index contributed by atoms with van der Waals surface area (Å²) in [6.07, 6.45) is 3.88. The summed E-state index contributed by atoms with van der Waals surface area (Å²) in [5.74, 6) is 0.242. The number of carbonyl (C=O) groups excluding carboxylic acids is 1. The first kappa shape index (κ1) is 16.2. The molecule has 1 aliphatic heterocycles. The lowest BCUT2D eigenvalue weighted by Gasteiger charge is -2.11. The van der Waals surface area contributed by atoms with Crippen molar-refractivity contribution in [2.45, 2.75) is 12.5 Å². The maximum Gasteiger partial charge on any atom is 0.257 e. The molecule has 1 saturated heterocycles. The van der Waals surface area contributed by atoms with Crippen molar-refractivity contribution < 1.29 is 14.3 Å². The lowest BCUT2D eigenvalue weighted by molar-refractivity contribution is 0.102. The molecule has 26 heavy (non-hydrogen) atoms. The van der Waals surface area contributed by atoms with E-state index in [-0.39, 0.29) is 12.0 Å². The van der Waals surface area contributed by atoms with Gasteiger partial charge in [0.15, 0.2) is 0 Å². The minimum Gasteiger partial charge on any atom is -0.472 e. The second kappa shape index (κ2) is 7.28. The van der Waals surface area contributed by atoms with Crippen molar-refractivity contribution in [2.75, 3.05) is 18.5 Å².